The van der Waals surface area contributed by atoms with Crippen LogP contribution in [0.2, 0.25) is 0 Å². The number of carbonyl (C=O) groups is 1. The maximum Gasteiger partial charge on any atom is 0.241 e. The van der Waals surface area contributed by atoms with Crippen molar-refractivity contribution < 1.29 is 4.79 Å². The fourth-order valence-corrected chi connectivity index (χ4v) is 1.75. The smallest absolute Gasteiger partial charge is 0.241 e. The Hall–Kier alpha value is -1.85. The fourth-order valence-electron chi connectivity index (χ4n) is 1.75. The van der Waals surface area contributed by atoms with E-state index in [2.05, 4.69) is 39.8 Å². The standard InChI is InChI=1S/C14H25N5O/c1-5-7-11-18-12(16-8-6-2)9-13(19-11)17-10(3)14(20)15-4/h9-10H,5-8H2,1-4H3,(H,15,20)(H2,16,17,18,19). The molecule has 112 valence electrons. The second-order valence-corrected chi connectivity index (χ2v) is 4.71. The van der Waals surface area contributed by atoms with Gasteiger partial charge in [0.15, 0.2) is 0 Å². The lowest BCUT2D eigenvalue weighted by Gasteiger charge is -2.15. The van der Waals surface area contributed by atoms with Crippen LogP contribution in [-0.4, -0.2) is 35.5 Å². The van der Waals surface area contributed by atoms with E-state index >= 15 is 0 Å². The minimum absolute atomic E-state index is 0.0660. The molecule has 0 aliphatic carbocycles. The summed E-state index contributed by atoms with van der Waals surface area (Å²) in [7, 11) is 1.62. The van der Waals surface area contributed by atoms with Gasteiger partial charge in [-0.3, -0.25) is 4.79 Å². The first-order valence-corrected chi connectivity index (χ1v) is 7.20. The van der Waals surface area contributed by atoms with Crippen LogP contribution in [0.3, 0.4) is 0 Å². The van der Waals surface area contributed by atoms with Crippen molar-refractivity contribution in [3.63, 3.8) is 0 Å². The van der Waals surface area contributed by atoms with Gasteiger partial charge >= 0.3 is 0 Å². The molecule has 0 aliphatic heterocycles. The molecular weight excluding hydrogens is 254 g/mol. The first-order chi connectivity index (χ1) is 9.60. The highest BCUT2D eigenvalue weighted by Gasteiger charge is 2.12. The molecule has 0 saturated carbocycles. The van der Waals surface area contributed by atoms with Crippen molar-refractivity contribution in [1.29, 1.82) is 0 Å². The van der Waals surface area contributed by atoms with Crippen LogP contribution in [0.4, 0.5) is 11.6 Å². The molecule has 0 fully saturated rings. The van der Waals surface area contributed by atoms with E-state index in [4.69, 9.17) is 0 Å². The number of aryl methyl sites for hydroxylation is 1. The van der Waals surface area contributed by atoms with Crippen molar-refractivity contribution in [2.45, 2.75) is 46.1 Å². The number of amides is 1. The molecule has 1 aromatic heterocycles. The van der Waals surface area contributed by atoms with E-state index in [1.54, 1.807) is 14.0 Å². The molecule has 0 saturated heterocycles. The summed E-state index contributed by atoms with van der Waals surface area (Å²) in [4.78, 5) is 20.5. The third-order valence-corrected chi connectivity index (χ3v) is 2.81. The molecule has 0 bridgehead atoms. The lowest BCUT2D eigenvalue weighted by Crippen LogP contribution is -2.35. The van der Waals surface area contributed by atoms with Crippen LogP contribution in [0, 0.1) is 0 Å². The van der Waals surface area contributed by atoms with Crippen molar-refractivity contribution in [3.05, 3.63) is 11.9 Å². The number of hydrogen-bond acceptors (Lipinski definition) is 5. The van der Waals surface area contributed by atoms with Crippen molar-refractivity contribution >= 4 is 17.5 Å². The van der Waals surface area contributed by atoms with E-state index in [0.717, 1.165) is 37.4 Å². The third-order valence-electron chi connectivity index (χ3n) is 2.81. The first-order valence-electron chi connectivity index (χ1n) is 7.20. The quantitative estimate of drug-likeness (QED) is 0.676. The lowest BCUT2D eigenvalue weighted by atomic mass is 10.3. The number of anilines is 2. The maximum absolute atomic E-state index is 11.6. The number of likely N-dealkylation sites (N-methyl/N-ethyl adjacent to an activating group) is 1. The van der Waals surface area contributed by atoms with Crippen molar-refractivity contribution in [1.82, 2.24) is 15.3 Å². The largest absolute Gasteiger partial charge is 0.370 e. The first kappa shape index (κ1) is 16.2. The molecule has 20 heavy (non-hydrogen) atoms. The zero-order valence-corrected chi connectivity index (χ0v) is 12.8. The normalized spacial score (nSPS) is 11.8. The average Bonchev–Trinajstić information content (AvgIpc) is 2.44. The Morgan fingerprint density at radius 1 is 1.25 bits per heavy atom. The molecule has 6 nitrogen and oxygen atoms in total. The summed E-state index contributed by atoms with van der Waals surface area (Å²) in [5, 5.41) is 8.98. The molecule has 1 unspecified atom stereocenters. The molecule has 1 heterocycles. The topological polar surface area (TPSA) is 78.9 Å². The van der Waals surface area contributed by atoms with Gasteiger partial charge in [-0.15, -0.1) is 0 Å². The summed E-state index contributed by atoms with van der Waals surface area (Å²) >= 11 is 0. The van der Waals surface area contributed by atoms with E-state index in [1.807, 2.05) is 6.07 Å². The van der Waals surface area contributed by atoms with Gasteiger partial charge in [0.1, 0.15) is 23.5 Å². The minimum Gasteiger partial charge on any atom is -0.370 e. The Morgan fingerprint density at radius 2 is 1.95 bits per heavy atom. The molecule has 1 rings (SSSR count). The van der Waals surface area contributed by atoms with E-state index in [0.29, 0.717) is 5.82 Å². The summed E-state index contributed by atoms with van der Waals surface area (Å²) in [5.41, 5.74) is 0. The van der Waals surface area contributed by atoms with Gasteiger partial charge in [0, 0.05) is 26.1 Å². The van der Waals surface area contributed by atoms with Crippen LogP contribution in [0.5, 0.6) is 0 Å². The summed E-state index contributed by atoms with van der Waals surface area (Å²) in [6, 6.07) is 1.51. The predicted octanol–water partition coefficient (Wildman–Crippen LogP) is 1.80. The van der Waals surface area contributed by atoms with E-state index in [9.17, 15) is 4.79 Å². The van der Waals surface area contributed by atoms with E-state index < -0.39 is 0 Å². The Kier molecular flexibility index (Phi) is 6.76. The molecule has 0 aromatic carbocycles. The fraction of sp³-hybridized carbons (Fsp3) is 0.643. The van der Waals surface area contributed by atoms with Crippen LogP contribution in [-0.2, 0) is 11.2 Å². The summed E-state index contributed by atoms with van der Waals surface area (Å²) in [6.07, 6.45) is 2.84. The molecular formula is C14H25N5O. The number of aromatic nitrogens is 2. The molecule has 0 radical (unpaired) electrons. The number of nitrogens with zero attached hydrogens (tertiary/aromatic N) is 2. The molecule has 3 N–H and O–H groups in total. The third kappa shape index (κ3) is 5.03. The second-order valence-electron chi connectivity index (χ2n) is 4.71. The summed E-state index contributed by atoms with van der Waals surface area (Å²) < 4.78 is 0. The molecule has 1 aromatic rings. The zero-order chi connectivity index (χ0) is 15.0. The highest BCUT2D eigenvalue weighted by molar-refractivity contribution is 5.83. The van der Waals surface area contributed by atoms with Crippen LogP contribution >= 0.6 is 0 Å². The van der Waals surface area contributed by atoms with Gasteiger partial charge in [0.25, 0.3) is 0 Å². The highest BCUT2D eigenvalue weighted by atomic mass is 16.2. The number of hydrogen-bond donors (Lipinski definition) is 3. The van der Waals surface area contributed by atoms with Gasteiger partial charge in [-0.1, -0.05) is 13.8 Å². The zero-order valence-electron chi connectivity index (χ0n) is 12.8. The van der Waals surface area contributed by atoms with Gasteiger partial charge in [-0.25, -0.2) is 9.97 Å². The van der Waals surface area contributed by atoms with Gasteiger partial charge in [0.05, 0.1) is 0 Å². The van der Waals surface area contributed by atoms with E-state index in [1.165, 1.54) is 0 Å². The van der Waals surface area contributed by atoms with Gasteiger partial charge < -0.3 is 16.0 Å². The number of nitrogens with one attached hydrogen (secondary N) is 3. The van der Waals surface area contributed by atoms with E-state index in [-0.39, 0.29) is 11.9 Å². The molecule has 0 aliphatic rings. The minimum atomic E-state index is -0.330. The van der Waals surface area contributed by atoms with Gasteiger partial charge in [-0.05, 0) is 19.8 Å². The number of rotatable bonds is 8. The maximum atomic E-state index is 11.6. The van der Waals surface area contributed by atoms with Crippen LogP contribution in [0.15, 0.2) is 6.07 Å². The Labute approximate surface area is 120 Å². The van der Waals surface area contributed by atoms with Crippen LogP contribution < -0.4 is 16.0 Å². The summed E-state index contributed by atoms with van der Waals surface area (Å²) in [6.45, 7) is 6.87. The lowest BCUT2D eigenvalue weighted by molar-refractivity contribution is -0.121. The highest BCUT2D eigenvalue weighted by Crippen LogP contribution is 2.13. The van der Waals surface area contributed by atoms with Crippen LogP contribution in [0.1, 0.15) is 39.4 Å². The van der Waals surface area contributed by atoms with Gasteiger partial charge in [-0.2, -0.15) is 0 Å². The Morgan fingerprint density at radius 3 is 2.55 bits per heavy atom. The van der Waals surface area contributed by atoms with Crippen molar-refractivity contribution in [3.8, 4) is 0 Å². The molecule has 0 spiro atoms. The Balaban J connectivity index is 2.87. The summed E-state index contributed by atoms with van der Waals surface area (Å²) in [5.74, 6) is 2.21. The van der Waals surface area contributed by atoms with Gasteiger partial charge in [0.2, 0.25) is 5.91 Å². The monoisotopic (exact) mass is 279 g/mol. The van der Waals surface area contributed by atoms with Crippen molar-refractivity contribution in [2.24, 2.45) is 0 Å². The number of carbonyl (C=O) groups excluding carboxylic acids is 1. The van der Waals surface area contributed by atoms with Crippen molar-refractivity contribution in [2.75, 3.05) is 24.2 Å². The van der Waals surface area contributed by atoms with Crippen LogP contribution in [0.25, 0.3) is 0 Å². The molecule has 1 atom stereocenters. The SMILES string of the molecule is CCCNc1cc(NC(C)C(=O)NC)nc(CCC)n1. The molecule has 6 heteroatoms. The average molecular weight is 279 g/mol. The Bertz CT molecular complexity index is 436. The second kappa shape index (κ2) is 8.35. The predicted molar refractivity (Wildman–Crippen MR) is 82.0 cm³/mol. The molecule has 1 amide bonds.